The van der Waals surface area contributed by atoms with Crippen molar-refractivity contribution < 1.29 is 9.90 Å². The van der Waals surface area contributed by atoms with Crippen molar-refractivity contribution in [1.29, 1.82) is 0 Å². The van der Waals surface area contributed by atoms with Crippen LogP contribution in [-0.4, -0.2) is 17.6 Å². The van der Waals surface area contributed by atoms with E-state index in [1.165, 1.54) is 0 Å². The normalized spacial score (nSPS) is 11.5. The molecule has 22 heavy (non-hydrogen) atoms. The number of carbonyl (C=O) groups excluding carboxylic acids is 1. The van der Waals surface area contributed by atoms with Gasteiger partial charge in [0.05, 0.1) is 12.5 Å². The van der Waals surface area contributed by atoms with Crippen LogP contribution in [0.5, 0.6) is 0 Å². The third kappa shape index (κ3) is 3.75. The summed E-state index contributed by atoms with van der Waals surface area (Å²) >= 11 is 0. The third-order valence-corrected chi connectivity index (χ3v) is 3.49. The topological polar surface area (TPSA) is 40.5 Å². The Morgan fingerprint density at radius 2 is 1.95 bits per heavy atom. The van der Waals surface area contributed by atoms with E-state index in [2.05, 4.69) is 5.92 Å². The zero-order valence-corrected chi connectivity index (χ0v) is 12.6. The van der Waals surface area contributed by atoms with E-state index < -0.39 is 6.10 Å². The van der Waals surface area contributed by atoms with Crippen LogP contribution in [0.3, 0.4) is 0 Å². The largest absolute Gasteiger partial charge is 0.388 e. The first-order chi connectivity index (χ1) is 10.7. The second kappa shape index (κ2) is 7.44. The SMILES string of the molecule is C#Cc1cccc(N(CC)C(=O)CC(O)c2ccccc2)c1. The molecule has 3 nitrogen and oxygen atoms in total. The van der Waals surface area contributed by atoms with Crippen molar-refractivity contribution in [3.63, 3.8) is 0 Å². The molecule has 0 heterocycles. The molecule has 0 bridgehead atoms. The number of hydrogen-bond donors (Lipinski definition) is 1. The van der Waals surface area contributed by atoms with Crippen molar-refractivity contribution in [2.75, 3.05) is 11.4 Å². The molecular weight excluding hydrogens is 274 g/mol. The van der Waals surface area contributed by atoms with Crippen LogP contribution in [0.15, 0.2) is 54.6 Å². The van der Waals surface area contributed by atoms with Gasteiger partial charge in [0.2, 0.25) is 5.91 Å². The standard InChI is InChI=1S/C19H19NO2/c1-3-15-9-8-12-17(13-15)20(4-2)19(22)14-18(21)16-10-6-5-7-11-16/h1,5-13,18,21H,4,14H2,2H3. The second-order valence-corrected chi connectivity index (χ2v) is 4.96. The van der Waals surface area contributed by atoms with Crippen LogP contribution in [0.4, 0.5) is 5.69 Å². The fourth-order valence-corrected chi connectivity index (χ4v) is 2.34. The number of carbonyl (C=O) groups is 1. The molecule has 2 aromatic carbocycles. The summed E-state index contributed by atoms with van der Waals surface area (Å²) < 4.78 is 0. The van der Waals surface area contributed by atoms with Crippen LogP contribution in [0.2, 0.25) is 0 Å². The molecule has 3 heteroatoms. The fourth-order valence-electron chi connectivity index (χ4n) is 2.34. The molecule has 2 rings (SSSR count). The number of amides is 1. The minimum absolute atomic E-state index is 0.0398. The molecule has 0 aliphatic carbocycles. The van der Waals surface area contributed by atoms with Gasteiger partial charge in [0.25, 0.3) is 0 Å². The Balaban J connectivity index is 2.14. The summed E-state index contributed by atoms with van der Waals surface area (Å²) in [5.74, 6) is 2.43. The number of anilines is 1. The summed E-state index contributed by atoms with van der Waals surface area (Å²) in [6.07, 6.45) is 4.63. The predicted octanol–water partition coefficient (Wildman–Crippen LogP) is 3.14. The molecule has 0 aromatic heterocycles. The molecule has 0 radical (unpaired) electrons. The highest BCUT2D eigenvalue weighted by Crippen LogP contribution is 2.21. The van der Waals surface area contributed by atoms with Gasteiger partial charge in [-0.15, -0.1) is 6.42 Å². The zero-order valence-electron chi connectivity index (χ0n) is 12.6. The monoisotopic (exact) mass is 293 g/mol. The Bertz CT molecular complexity index is 673. The van der Waals surface area contributed by atoms with Gasteiger partial charge in [0.1, 0.15) is 0 Å². The number of nitrogens with zero attached hydrogens (tertiary/aromatic N) is 1. The lowest BCUT2D eigenvalue weighted by Crippen LogP contribution is -2.31. The predicted molar refractivity (Wildman–Crippen MR) is 88.4 cm³/mol. The highest BCUT2D eigenvalue weighted by molar-refractivity contribution is 5.93. The summed E-state index contributed by atoms with van der Waals surface area (Å²) in [5, 5.41) is 10.2. The zero-order chi connectivity index (χ0) is 15.9. The van der Waals surface area contributed by atoms with E-state index in [-0.39, 0.29) is 12.3 Å². The summed E-state index contributed by atoms with van der Waals surface area (Å²) in [4.78, 5) is 14.1. The quantitative estimate of drug-likeness (QED) is 0.860. The Hall–Kier alpha value is -2.57. The molecular formula is C19H19NO2. The number of benzene rings is 2. The molecule has 0 fully saturated rings. The van der Waals surface area contributed by atoms with Crippen molar-refractivity contribution in [1.82, 2.24) is 0 Å². The molecule has 1 unspecified atom stereocenters. The van der Waals surface area contributed by atoms with Crippen LogP contribution in [0, 0.1) is 12.3 Å². The van der Waals surface area contributed by atoms with Gasteiger partial charge in [-0.3, -0.25) is 4.79 Å². The Morgan fingerprint density at radius 3 is 2.59 bits per heavy atom. The smallest absolute Gasteiger partial charge is 0.229 e. The molecule has 1 N–H and O–H groups in total. The lowest BCUT2D eigenvalue weighted by atomic mass is 10.1. The van der Waals surface area contributed by atoms with Gasteiger partial charge < -0.3 is 10.0 Å². The molecule has 0 saturated heterocycles. The molecule has 0 aliphatic heterocycles. The molecule has 1 atom stereocenters. The minimum Gasteiger partial charge on any atom is -0.388 e. The van der Waals surface area contributed by atoms with E-state index in [1.807, 2.05) is 55.5 Å². The molecule has 0 saturated carbocycles. The Morgan fingerprint density at radius 1 is 1.23 bits per heavy atom. The lowest BCUT2D eigenvalue weighted by Gasteiger charge is -2.23. The summed E-state index contributed by atoms with van der Waals surface area (Å²) in [7, 11) is 0. The number of rotatable bonds is 5. The van der Waals surface area contributed by atoms with Gasteiger partial charge in [0.15, 0.2) is 0 Å². The summed E-state index contributed by atoms with van der Waals surface area (Å²) in [5.41, 5.74) is 2.22. The van der Waals surface area contributed by atoms with E-state index in [0.717, 1.165) is 16.8 Å². The van der Waals surface area contributed by atoms with E-state index in [4.69, 9.17) is 6.42 Å². The Kier molecular flexibility index (Phi) is 5.35. The number of aliphatic hydroxyl groups excluding tert-OH is 1. The summed E-state index contributed by atoms with van der Waals surface area (Å²) in [6.45, 7) is 2.42. The van der Waals surface area contributed by atoms with Crippen molar-refractivity contribution in [3.8, 4) is 12.3 Å². The Labute approximate surface area is 131 Å². The van der Waals surface area contributed by atoms with Gasteiger partial charge in [-0.2, -0.15) is 0 Å². The van der Waals surface area contributed by atoms with E-state index in [9.17, 15) is 9.90 Å². The molecule has 1 amide bonds. The second-order valence-electron chi connectivity index (χ2n) is 4.96. The first-order valence-electron chi connectivity index (χ1n) is 7.25. The molecule has 0 spiro atoms. The first kappa shape index (κ1) is 15.8. The van der Waals surface area contributed by atoms with Crippen molar-refractivity contribution >= 4 is 11.6 Å². The van der Waals surface area contributed by atoms with Crippen LogP contribution >= 0.6 is 0 Å². The van der Waals surface area contributed by atoms with Crippen molar-refractivity contribution in [2.24, 2.45) is 0 Å². The fraction of sp³-hybridized carbons (Fsp3) is 0.211. The van der Waals surface area contributed by atoms with Gasteiger partial charge in [-0.25, -0.2) is 0 Å². The maximum atomic E-state index is 12.5. The van der Waals surface area contributed by atoms with Gasteiger partial charge >= 0.3 is 0 Å². The lowest BCUT2D eigenvalue weighted by molar-refractivity contribution is -0.120. The maximum absolute atomic E-state index is 12.5. The average molecular weight is 293 g/mol. The summed E-state index contributed by atoms with van der Waals surface area (Å²) in [6, 6.07) is 16.5. The highest BCUT2D eigenvalue weighted by Gasteiger charge is 2.19. The number of aliphatic hydroxyl groups is 1. The minimum atomic E-state index is -0.807. The van der Waals surface area contributed by atoms with Crippen LogP contribution in [-0.2, 0) is 4.79 Å². The van der Waals surface area contributed by atoms with Crippen molar-refractivity contribution in [2.45, 2.75) is 19.4 Å². The van der Waals surface area contributed by atoms with Crippen LogP contribution < -0.4 is 4.90 Å². The molecule has 112 valence electrons. The highest BCUT2D eigenvalue weighted by atomic mass is 16.3. The first-order valence-corrected chi connectivity index (χ1v) is 7.25. The van der Waals surface area contributed by atoms with Gasteiger partial charge in [-0.1, -0.05) is 42.3 Å². The molecule has 0 aliphatic rings. The number of hydrogen-bond acceptors (Lipinski definition) is 2. The average Bonchev–Trinajstić information content (AvgIpc) is 2.56. The number of terminal acetylenes is 1. The van der Waals surface area contributed by atoms with Crippen LogP contribution in [0.25, 0.3) is 0 Å². The van der Waals surface area contributed by atoms with E-state index in [1.54, 1.807) is 11.0 Å². The van der Waals surface area contributed by atoms with E-state index >= 15 is 0 Å². The maximum Gasteiger partial charge on any atom is 0.229 e. The third-order valence-electron chi connectivity index (χ3n) is 3.49. The van der Waals surface area contributed by atoms with Crippen LogP contribution in [0.1, 0.15) is 30.6 Å². The molecule has 2 aromatic rings. The van der Waals surface area contributed by atoms with Gasteiger partial charge in [0, 0.05) is 17.8 Å². The van der Waals surface area contributed by atoms with Crippen molar-refractivity contribution in [3.05, 3.63) is 65.7 Å². The van der Waals surface area contributed by atoms with E-state index in [0.29, 0.717) is 6.54 Å². The van der Waals surface area contributed by atoms with Gasteiger partial charge in [-0.05, 0) is 30.7 Å².